The number of nitrogens with one attached hydrogen (secondary N) is 1. The van der Waals surface area contributed by atoms with Crippen molar-refractivity contribution < 1.29 is 0 Å². The van der Waals surface area contributed by atoms with Gasteiger partial charge in [0, 0.05) is 41.0 Å². The van der Waals surface area contributed by atoms with Crippen molar-refractivity contribution in [2.75, 3.05) is 13.1 Å². The van der Waals surface area contributed by atoms with Gasteiger partial charge in [-0.1, -0.05) is 17.8 Å². The number of nitriles is 1. The van der Waals surface area contributed by atoms with Gasteiger partial charge in [0.25, 0.3) is 5.56 Å². The second kappa shape index (κ2) is 8.30. The summed E-state index contributed by atoms with van der Waals surface area (Å²) in [6, 6.07) is 9.89. The van der Waals surface area contributed by atoms with Gasteiger partial charge in [0.2, 0.25) is 0 Å². The van der Waals surface area contributed by atoms with Crippen LogP contribution in [0, 0.1) is 18.3 Å². The molecule has 0 bridgehead atoms. The van der Waals surface area contributed by atoms with Gasteiger partial charge in [-0.2, -0.15) is 15.5 Å². The average Bonchev–Trinajstić information content (AvgIpc) is 3.40. The fraction of sp³-hybridized carbons (Fsp3) is 0.304. The summed E-state index contributed by atoms with van der Waals surface area (Å²) < 4.78 is 5.49. The maximum atomic E-state index is 12.1. The molecule has 1 N–H and O–H groups in total. The van der Waals surface area contributed by atoms with E-state index in [1.807, 2.05) is 18.5 Å². The van der Waals surface area contributed by atoms with Crippen LogP contribution in [0.2, 0.25) is 0 Å². The van der Waals surface area contributed by atoms with Gasteiger partial charge < -0.3 is 9.88 Å². The topological polar surface area (TPSA) is 92.9 Å². The van der Waals surface area contributed by atoms with E-state index in [2.05, 4.69) is 34.2 Å². The molecular weight excluding hydrogens is 422 g/mol. The Kier molecular flexibility index (Phi) is 5.33. The molecular formula is C23H23N7OS. The van der Waals surface area contributed by atoms with E-state index in [1.54, 1.807) is 28.4 Å². The molecule has 162 valence electrons. The van der Waals surface area contributed by atoms with Crippen LogP contribution in [-0.2, 0) is 7.05 Å². The zero-order valence-corrected chi connectivity index (χ0v) is 18.8. The Hall–Kier alpha value is -3.35. The molecule has 1 aliphatic rings. The maximum absolute atomic E-state index is 12.1. The normalized spacial score (nSPS) is 14.7. The molecule has 0 radical (unpaired) electrons. The van der Waals surface area contributed by atoms with Crippen molar-refractivity contribution >= 4 is 17.3 Å². The van der Waals surface area contributed by atoms with Crippen LogP contribution in [-0.4, -0.2) is 37.1 Å². The number of piperidine rings is 1. The lowest BCUT2D eigenvalue weighted by molar-refractivity contribution is 0.338. The van der Waals surface area contributed by atoms with E-state index in [0.29, 0.717) is 11.6 Å². The summed E-state index contributed by atoms with van der Waals surface area (Å²) in [5, 5.41) is 22.9. The molecule has 1 saturated heterocycles. The third kappa shape index (κ3) is 3.51. The van der Waals surface area contributed by atoms with E-state index < -0.39 is 0 Å². The zero-order valence-electron chi connectivity index (χ0n) is 17.9. The number of rotatable bonds is 4. The highest BCUT2D eigenvalue weighted by molar-refractivity contribution is 7.99. The third-order valence-electron chi connectivity index (χ3n) is 6.06. The third-order valence-corrected chi connectivity index (χ3v) is 7.21. The highest BCUT2D eigenvalue weighted by atomic mass is 32.2. The molecule has 0 unspecified atom stereocenters. The van der Waals surface area contributed by atoms with Gasteiger partial charge in [-0.15, -0.1) is 0 Å². The van der Waals surface area contributed by atoms with Gasteiger partial charge in [0.1, 0.15) is 6.07 Å². The second-order valence-corrected chi connectivity index (χ2v) is 9.05. The summed E-state index contributed by atoms with van der Waals surface area (Å²) in [7, 11) is 1.75. The van der Waals surface area contributed by atoms with E-state index in [-0.39, 0.29) is 5.56 Å². The fourth-order valence-electron chi connectivity index (χ4n) is 4.28. The van der Waals surface area contributed by atoms with Crippen molar-refractivity contribution in [2.45, 2.75) is 35.7 Å². The molecule has 5 rings (SSSR count). The Labute approximate surface area is 189 Å². The van der Waals surface area contributed by atoms with Gasteiger partial charge in [0.05, 0.1) is 34.5 Å². The molecule has 32 heavy (non-hydrogen) atoms. The maximum Gasteiger partial charge on any atom is 0.251 e. The Morgan fingerprint density at radius 2 is 2.03 bits per heavy atom. The Bertz CT molecular complexity index is 1400. The number of hydrogen-bond acceptors (Lipinski definition) is 6. The molecule has 0 amide bonds. The first-order valence-electron chi connectivity index (χ1n) is 10.6. The van der Waals surface area contributed by atoms with Crippen molar-refractivity contribution in [3.63, 3.8) is 0 Å². The van der Waals surface area contributed by atoms with Crippen LogP contribution < -0.4 is 10.9 Å². The van der Waals surface area contributed by atoms with Crippen LogP contribution in [0.25, 0.3) is 16.6 Å². The van der Waals surface area contributed by atoms with Gasteiger partial charge >= 0.3 is 0 Å². The SMILES string of the molecule is Cc1c(-c2cc(Sc3cccc(=O)n3C)c3c(C#N)cnn3c2)cnn1C1CCNCC1. The highest BCUT2D eigenvalue weighted by Gasteiger charge is 2.21. The molecule has 4 aromatic heterocycles. The fourth-order valence-corrected chi connectivity index (χ4v) is 5.36. The molecule has 0 atom stereocenters. The van der Waals surface area contributed by atoms with Crippen LogP contribution >= 0.6 is 11.8 Å². The monoisotopic (exact) mass is 445 g/mol. The molecule has 5 heterocycles. The molecule has 8 nitrogen and oxygen atoms in total. The summed E-state index contributed by atoms with van der Waals surface area (Å²) in [6.07, 6.45) is 7.57. The van der Waals surface area contributed by atoms with Crippen LogP contribution in [0.4, 0.5) is 0 Å². The van der Waals surface area contributed by atoms with Gasteiger partial charge in [-0.25, -0.2) is 4.52 Å². The lowest BCUT2D eigenvalue weighted by atomic mass is 10.1. The highest BCUT2D eigenvalue weighted by Crippen LogP contribution is 2.36. The number of aromatic nitrogens is 5. The predicted molar refractivity (Wildman–Crippen MR) is 123 cm³/mol. The molecule has 1 aliphatic heterocycles. The average molecular weight is 446 g/mol. The minimum absolute atomic E-state index is 0.0738. The number of fused-ring (bicyclic) bond motifs is 1. The Balaban J connectivity index is 1.63. The first kappa shape index (κ1) is 20.5. The number of nitrogens with zero attached hydrogens (tertiary/aromatic N) is 6. The van der Waals surface area contributed by atoms with Crippen LogP contribution in [0.3, 0.4) is 0 Å². The van der Waals surface area contributed by atoms with E-state index in [4.69, 9.17) is 5.10 Å². The molecule has 1 fully saturated rings. The summed E-state index contributed by atoms with van der Waals surface area (Å²) in [5.41, 5.74) is 4.31. The summed E-state index contributed by atoms with van der Waals surface area (Å²) in [5.74, 6) is 0. The molecule has 0 spiro atoms. The summed E-state index contributed by atoms with van der Waals surface area (Å²) in [6.45, 7) is 4.12. The van der Waals surface area contributed by atoms with Crippen LogP contribution in [0.1, 0.15) is 30.1 Å². The lowest BCUT2D eigenvalue weighted by Gasteiger charge is -2.24. The van der Waals surface area contributed by atoms with E-state index in [1.165, 1.54) is 17.8 Å². The molecule has 0 aromatic carbocycles. The molecule has 0 saturated carbocycles. The smallest absolute Gasteiger partial charge is 0.251 e. The van der Waals surface area contributed by atoms with Crippen molar-refractivity contribution in [3.8, 4) is 17.2 Å². The zero-order chi connectivity index (χ0) is 22.2. The van der Waals surface area contributed by atoms with Crippen LogP contribution in [0.15, 0.2) is 57.6 Å². The van der Waals surface area contributed by atoms with Crippen molar-refractivity contribution in [3.05, 3.63) is 64.5 Å². The Morgan fingerprint density at radius 1 is 1.22 bits per heavy atom. The van der Waals surface area contributed by atoms with Gasteiger partial charge in [0.15, 0.2) is 0 Å². The standard InChI is InChI=1S/C23H23N7OS/c1-15-19(13-27-30(15)18-6-8-25-9-7-18)16-10-20(23-17(11-24)12-26-29(23)14-16)32-22-5-3-4-21(31)28(22)2/h3-5,10,12-14,18,25H,6-9H2,1-2H3. The quantitative estimate of drug-likeness (QED) is 0.519. The van der Waals surface area contributed by atoms with Crippen LogP contribution in [0.5, 0.6) is 0 Å². The molecule has 0 aliphatic carbocycles. The van der Waals surface area contributed by atoms with E-state index >= 15 is 0 Å². The van der Waals surface area contributed by atoms with Gasteiger partial charge in [-0.3, -0.25) is 9.48 Å². The number of hydrogen-bond donors (Lipinski definition) is 1. The lowest BCUT2D eigenvalue weighted by Crippen LogP contribution is -2.30. The largest absolute Gasteiger partial charge is 0.317 e. The van der Waals surface area contributed by atoms with E-state index in [0.717, 1.165) is 58.2 Å². The van der Waals surface area contributed by atoms with Gasteiger partial charge in [-0.05, 0) is 45.0 Å². The predicted octanol–water partition coefficient (Wildman–Crippen LogP) is 3.15. The second-order valence-electron chi connectivity index (χ2n) is 7.99. The van der Waals surface area contributed by atoms with Crippen molar-refractivity contribution in [1.29, 1.82) is 5.26 Å². The minimum Gasteiger partial charge on any atom is -0.317 e. The first-order valence-corrected chi connectivity index (χ1v) is 11.4. The summed E-state index contributed by atoms with van der Waals surface area (Å²) >= 11 is 1.46. The first-order chi connectivity index (χ1) is 15.6. The molecule has 4 aromatic rings. The number of pyridine rings is 2. The van der Waals surface area contributed by atoms with Crippen molar-refractivity contribution in [1.82, 2.24) is 29.3 Å². The van der Waals surface area contributed by atoms with Crippen molar-refractivity contribution in [2.24, 2.45) is 7.05 Å². The Morgan fingerprint density at radius 3 is 2.81 bits per heavy atom. The molecule has 9 heteroatoms. The minimum atomic E-state index is -0.0738. The summed E-state index contributed by atoms with van der Waals surface area (Å²) in [4.78, 5) is 13.0. The van der Waals surface area contributed by atoms with E-state index in [9.17, 15) is 10.1 Å².